The van der Waals surface area contributed by atoms with Crippen LogP contribution in [0.25, 0.3) is 0 Å². The van der Waals surface area contributed by atoms with Gasteiger partial charge in [-0.25, -0.2) is 0 Å². The molecule has 97 valence electrons. The Morgan fingerprint density at radius 3 is 1.75 bits per heavy atom. The van der Waals surface area contributed by atoms with Crippen LogP contribution >= 0.6 is 0 Å². The van der Waals surface area contributed by atoms with Crippen molar-refractivity contribution in [2.24, 2.45) is 0 Å². The third-order valence-electron chi connectivity index (χ3n) is 2.14. The van der Waals surface area contributed by atoms with Crippen LogP contribution in [0.4, 0.5) is 0 Å². The zero-order chi connectivity index (χ0) is 12.2. The van der Waals surface area contributed by atoms with Gasteiger partial charge in [0, 0.05) is 19.1 Å². The number of aliphatic hydroxyl groups is 2. The normalized spacial score (nSPS) is 11.6. The molecular formula is C11H24NO4. The molecule has 0 aliphatic rings. The maximum atomic E-state index is 8.55. The van der Waals surface area contributed by atoms with Gasteiger partial charge in [-0.3, -0.25) is 4.90 Å². The highest BCUT2D eigenvalue weighted by molar-refractivity contribution is 4.68. The van der Waals surface area contributed by atoms with Crippen molar-refractivity contribution < 1.29 is 19.7 Å². The first-order valence-corrected chi connectivity index (χ1v) is 5.66. The van der Waals surface area contributed by atoms with E-state index in [-0.39, 0.29) is 19.3 Å². The van der Waals surface area contributed by atoms with E-state index in [2.05, 4.69) is 11.8 Å². The summed E-state index contributed by atoms with van der Waals surface area (Å²) in [7, 11) is 0. The van der Waals surface area contributed by atoms with Crippen LogP contribution in [0.1, 0.15) is 6.92 Å². The largest absolute Gasteiger partial charge is 0.394 e. The third kappa shape index (κ3) is 9.06. The molecule has 5 heteroatoms. The summed E-state index contributed by atoms with van der Waals surface area (Å²) in [5.74, 6) is 0. The SMILES string of the molecule is [CH2]C(C)N(CCOCCO)CCOCCO. The lowest BCUT2D eigenvalue weighted by molar-refractivity contribution is 0.0449. The van der Waals surface area contributed by atoms with E-state index >= 15 is 0 Å². The van der Waals surface area contributed by atoms with E-state index in [1.165, 1.54) is 0 Å². The van der Waals surface area contributed by atoms with E-state index in [0.717, 1.165) is 13.1 Å². The van der Waals surface area contributed by atoms with E-state index in [4.69, 9.17) is 19.7 Å². The van der Waals surface area contributed by atoms with Gasteiger partial charge >= 0.3 is 0 Å². The summed E-state index contributed by atoms with van der Waals surface area (Å²) in [6.07, 6.45) is 0. The molecule has 0 amide bonds. The van der Waals surface area contributed by atoms with E-state index < -0.39 is 0 Å². The Hall–Kier alpha value is -0.200. The highest BCUT2D eigenvalue weighted by Gasteiger charge is 2.08. The molecule has 0 fully saturated rings. The molecule has 1 radical (unpaired) electrons. The Balaban J connectivity index is 3.54. The zero-order valence-electron chi connectivity index (χ0n) is 10.1. The molecule has 0 saturated carbocycles. The van der Waals surface area contributed by atoms with Crippen LogP contribution in [-0.2, 0) is 9.47 Å². The average Bonchev–Trinajstić information content (AvgIpc) is 2.26. The minimum absolute atomic E-state index is 0.0551. The average molecular weight is 234 g/mol. The molecule has 0 aromatic rings. The second-order valence-corrected chi connectivity index (χ2v) is 3.56. The predicted octanol–water partition coefficient (Wildman–Crippen LogP) is -0.471. The second-order valence-electron chi connectivity index (χ2n) is 3.56. The monoisotopic (exact) mass is 234 g/mol. The molecule has 0 aliphatic carbocycles. The summed E-state index contributed by atoms with van der Waals surface area (Å²) in [4.78, 5) is 2.13. The minimum Gasteiger partial charge on any atom is -0.394 e. The van der Waals surface area contributed by atoms with Crippen LogP contribution < -0.4 is 0 Å². The summed E-state index contributed by atoms with van der Waals surface area (Å²) in [5.41, 5.74) is 0. The summed E-state index contributed by atoms with van der Waals surface area (Å²) in [5, 5.41) is 17.1. The van der Waals surface area contributed by atoms with Crippen molar-refractivity contribution in [2.75, 3.05) is 52.7 Å². The number of hydrogen-bond acceptors (Lipinski definition) is 5. The molecule has 2 N–H and O–H groups in total. The highest BCUT2D eigenvalue weighted by Crippen LogP contribution is 1.97. The maximum absolute atomic E-state index is 8.55. The van der Waals surface area contributed by atoms with Crippen molar-refractivity contribution in [2.45, 2.75) is 13.0 Å². The van der Waals surface area contributed by atoms with Crippen molar-refractivity contribution in [1.29, 1.82) is 0 Å². The Morgan fingerprint density at radius 2 is 1.44 bits per heavy atom. The smallest absolute Gasteiger partial charge is 0.0698 e. The van der Waals surface area contributed by atoms with E-state index in [9.17, 15) is 0 Å². The molecule has 16 heavy (non-hydrogen) atoms. The number of aliphatic hydroxyl groups excluding tert-OH is 2. The minimum atomic E-state index is 0.0551. The molecule has 0 heterocycles. The zero-order valence-corrected chi connectivity index (χ0v) is 10.1. The topological polar surface area (TPSA) is 62.2 Å². The van der Waals surface area contributed by atoms with Crippen molar-refractivity contribution in [3.63, 3.8) is 0 Å². The third-order valence-corrected chi connectivity index (χ3v) is 2.14. The number of nitrogens with zero attached hydrogens (tertiary/aromatic N) is 1. The Kier molecular flexibility index (Phi) is 11.1. The van der Waals surface area contributed by atoms with Gasteiger partial charge in [-0.1, -0.05) is 0 Å². The summed E-state index contributed by atoms with van der Waals surface area (Å²) in [6, 6.07) is 0.190. The maximum Gasteiger partial charge on any atom is 0.0698 e. The lowest BCUT2D eigenvalue weighted by Gasteiger charge is -2.25. The standard InChI is InChI=1S/C11H24NO4/c1-11(2)12(3-7-15-9-5-13)4-8-16-10-6-14/h11,13-14H,1,3-10H2,2H3. The van der Waals surface area contributed by atoms with E-state index in [1.54, 1.807) is 0 Å². The molecule has 0 aliphatic heterocycles. The van der Waals surface area contributed by atoms with Gasteiger partial charge in [-0.15, -0.1) is 0 Å². The predicted molar refractivity (Wildman–Crippen MR) is 62.2 cm³/mol. The van der Waals surface area contributed by atoms with Crippen molar-refractivity contribution in [3.8, 4) is 0 Å². The number of ether oxygens (including phenoxy) is 2. The lowest BCUT2D eigenvalue weighted by Crippen LogP contribution is -2.37. The van der Waals surface area contributed by atoms with Gasteiger partial charge in [-0.05, 0) is 13.8 Å². The van der Waals surface area contributed by atoms with Crippen LogP contribution in [0.2, 0.25) is 0 Å². The first-order chi connectivity index (χ1) is 7.72. The Morgan fingerprint density at radius 1 is 1.00 bits per heavy atom. The van der Waals surface area contributed by atoms with Gasteiger partial charge in [0.25, 0.3) is 0 Å². The van der Waals surface area contributed by atoms with E-state index in [0.29, 0.717) is 26.4 Å². The van der Waals surface area contributed by atoms with Gasteiger partial charge in [0.15, 0.2) is 0 Å². The Bertz CT molecular complexity index is 132. The number of hydrogen-bond donors (Lipinski definition) is 2. The molecule has 0 aromatic heterocycles. The summed E-state index contributed by atoms with van der Waals surface area (Å²) in [6.45, 7) is 9.54. The van der Waals surface area contributed by atoms with Crippen molar-refractivity contribution in [3.05, 3.63) is 6.92 Å². The fourth-order valence-electron chi connectivity index (χ4n) is 1.25. The van der Waals surface area contributed by atoms with Gasteiger partial charge in [-0.2, -0.15) is 0 Å². The lowest BCUT2D eigenvalue weighted by atomic mass is 10.3. The van der Waals surface area contributed by atoms with Gasteiger partial charge in [0.05, 0.1) is 39.6 Å². The molecule has 0 spiro atoms. The van der Waals surface area contributed by atoms with Crippen LogP contribution in [0.3, 0.4) is 0 Å². The Labute approximate surface area is 98.0 Å². The van der Waals surface area contributed by atoms with Crippen LogP contribution in [0.15, 0.2) is 0 Å². The number of rotatable bonds is 11. The van der Waals surface area contributed by atoms with E-state index in [1.807, 2.05) is 6.92 Å². The molecule has 0 bridgehead atoms. The molecule has 0 rings (SSSR count). The van der Waals surface area contributed by atoms with Gasteiger partial charge in [0.2, 0.25) is 0 Å². The fourth-order valence-corrected chi connectivity index (χ4v) is 1.25. The molecule has 0 saturated heterocycles. The summed E-state index contributed by atoms with van der Waals surface area (Å²) < 4.78 is 10.4. The fraction of sp³-hybridized carbons (Fsp3) is 0.909. The molecule has 1 atom stereocenters. The molecule has 5 nitrogen and oxygen atoms in total. The molecule has 0 aromatic carbocycles. The van der Waals surface area contributed by atoms with Gasteiger partial charge < -0.3 is 19.7 Å². The van der Waals surface area contributed by atoms with Crippen molar-refractivity contribution >= 4 is 0 Å². The van der Waals surface area contributed by atoms with Crippen molar-refractivity contribution in [1.82, 2.24) is 4.90 Å². The second kappa shape index (κ2) is 11.3. The molecular weight excluding hydrogens is 210 g/mol. The summed E-state index contributed by atoms with van der Waals surface area (Å²) >= 11 is 0. The first-order valence-electron chi connectivity index (χ1n) is 5.66. The van der Waals surface area contributed by atoms with Crippen LogP contribution in [0.5, 0.6) is 0 Å². The van der Waals surface area contributed by atoms with Crippen LogP contribution in [-0.4, -0.2) is 73.9 Å². The quantitative estimate of drug-likeness (QED) is 0.473. The highest BCUT2D eigenvalue weighted by atomic mass is 16.5. The van der Waals surface area contributed by atoms with Gasteiger partial charge in [0.1, 0.15) is 0 Å². The molecule has 1 unspecified atom stereocenters. The van der Waals surface area contributed by atoms with Crippen LogP contribution in [0, 0.1) is 6.92 Å². The first kappa shape index (κ1) is 15.8.